The number of benzene rings is 1. The van der Waals surface area contributed by atoms with E-state index in [4.69, 9.17) is 4.74 Å². The van der Waals surface area contributed by atoms with Crippen LogP contribution in [0.1, 0.15) is 34.8 Å². The predicted molar refractivity (Wildman–Crippen MR) is 117 cm³/mol. The van der Waals surface area contributed by atoms with E-state index in [1.165, 1.54) is 34.2 Å². The molecule has 2 amide bonds. The quantitative estimate of drug-likeness (QED) is 0.639. The summed E-state index contributed by atoms with van der Waals surface area (Å²) in [5.41, 5.74) is 1.04. The highest BCUT2D eigenvalue weighted by Gasteiger charge is 2.31. The van der Waals surface area contributed by atoms with E-state index in [0.717, 1.165) is 24.2 Å². The largest absolute Gasteiger partial charge is 0.497 e. The molecule has 1 aliphatic rings. The van der Waals surface area contributed by atoms with E-state index in [-0.39, 0.29) is 30.0 Å². The number of ether oxygens (including phenoxy) is 1. The number of hydrogen-bond donors (Lipinski definition) is 1. The Morgan fingerprint density at radius 2 is 2.16 bits per heavy atom. The first-order valence-electron chi connectivity index (χ1n) is 9.90. The summed E-state index contributed by atoms with van der Waals surface area (Å²) < 4.78 is 6.56. The molecule has 3 aromatic rings. The number of aromatic nitrogens is 2. The molecular formula is C22H22N4O4S. The van der Waals surface area contributed by atoms with Crippen LogP contribution in [0, 0.1) is 0 Å². The Balaban J connectivity index is 1.53. The molecule has 4 rings (SSSR count). The monoisotopic (exact) mass is 438 g/mol. The summed E-state index contributed by atoms with van der Waals surface area (Å²) in [7, 11) is 1.62. The molecule has 0 bridgehead atoms. The Morgan fingerprint density at radius 1 is 1.29 bits per heavy atom. The van der Waals surface area contributed by atoms with Crippen LogP contribution in [0.5, 0.6) is 5.75 Å². The summed E-state index contributed by atoms with van der Waals surface area (Å²) in [5, 5.41) is 4.85. The fourth-order valence-electron chi connectivity index (χ4n) is 3.75. The van der Waals surface area contributed by atoms with E-state index >= 15 is 0 Å². The molecule has 1 N–H and O–H groups in total. The first kappa shape index (κ1) is 20.8. The minimum atomic E-state index is -0.378. The number of hydrogen-bond acceptors (Lipinski definition) is 6. The van der Waals surface area contributed by atoms with Crippen molar-refractivity contribution in [3.8, 4) is 5.75 Å². The van der Waals surface area contributed by atoms with Crippen LogP contribution in [0.3, 0.4) is 0 Å². The van der Waals surface area contributed by atoms with Crippen molar-refractivity contribution in [1.29, 1.82) is 0 Å². The maximum absolute atomic E-state index is 13.3. The van der Waals surface area contributed by atoms with Crippen molar-refractivity contribution in [2.45, 2.75) is 25.4 Å². The van der Waals surface area contributed by atoms with E-state index in [0.29, 0.717) is 17.2 Å². The molecule has 3 heterocycles. The molecule has 1 fully saturated rings. The third-order valence-corrected chi connectivity index (χ3v) is 5.90. The number of carbonyl (C=O) groups excluding carboxylic acids is 2. The molecule has 0 spiro atoms. The van der Waals surface area contributed by atoms with Gasteiger partial charge in [0.25, 0.3) is 11.5 Å². The maximum Gasteiger partial charge on any atom is 0.255 e. The Labute approximate surface area is 183 Å². The molecule has 0 saturated carbocycles. The number of carbonyl (C=O) groups is 2. The summed E-state index contributed by atoms with van der Waals surface area (Å²) in [4.78, 5) is 43.6. The molecule has 1 saturated heterocycles. The molecule has 1 atom stereocenters. The number of methoxy groups -OCH3 is 1. The van der Waals surface area contributed by atoms with Crippen LogP contribution in [0.2, 0.25) is 0 Å². The lowest BCUT2D eigenvalue weighted by Crippen LogP contribution is -2.33. The average Bonchev–Trinajstić information content (AvgIpc) is 3.47. The molecule has 31 heavy (non-hydrogen) atoms. The number of nitrogens with one attached hydrogen (secondary N) is 1. The van der Waals surface area contributed by atoms with Crippen molar-refractivity contribution in [3.63, 3.8) is 0 Å². The van der Waals surface area contributed by atoms with Crippen molar-refractivity contribution in [2.24, 2.45) is 0 Å². The van der Waals surface area contributed by atoms with Gasteiger partial charge in [0.05, 0.1) is 18.7 Å². The van der Waals surface area contributed by atoms with Gasteiger partial charge in [-0.15, -0.1) is 11.3 Å². The lowest BCUT2D eigenvalue weighted by molar-refractivity contribution is -0.116. The zero-order valence-electron chi connectivity index (χ0n) is 17.0. The van der Waals surface area contributed by atoms with Crippen molar-refractivity contribution in [3.05, 3.63) is 75.7 Å². The lowest BCUT2D eigenvalue weighted by atomic mass is 10.0. The Hall–Kier alpha value is -3.46. The first-order chi connectivity index (χ1) is 15.0. The van der Waals surface area contributed by atoms with Gasteiger partial charge in [0.15, 0.2) is 5.13 Å². The highest BCUT2D eigenvalue weighted by molar-refractivity contribution is 7.13. The normalized spacial score (nSPS) is 15.6. The highest BCUT2D eigenvalue weighted by Crippen LogP contribution is 2.34. The average molecular weight is 439 g/mol. The van der Waals surface area contributed by atoms with Crippen LogP contribution < -0.4 is 15.6 Å². The number of thiazole rings is 1. The molecule has 0 aliphatic carbocycles. The second kappa shape index (κ2) is 9.13. The summed E-state index contributed by atoms with van der Waals surface area (Å²) in [6.07, 6.45) is 4.78. The van der Waals surface area contributed by atoms with Crippen molar-refractivity contribution >= 4 is 28.3 Å². The Morgan fingerprint density at radius 3 is 2.94 bits per heavy atom. The summed E-state index contributed by atoms with van der Waals surface area (Å²) in [6, 6.07) is 10.5. The van der Waals surface area contributed by atoms with E-state index in [2.05, 4.69) is 10.3 Å². The van der Waals surface area contributed by atoms with Gasteiger partial charge in [-0.25, -0.2) is 4.98 Å². The SMILES string of the molecule is COc1cccc([C@@H]2CCCN2C(=O)c2ccc(=O)n(CC(=O)Nc3nccs3)c2)c1. The van der Waals surface area contributed by atoms with Crippen LogP contribution in [-0.2, 0) is 11.3 Å². The van der Waals surface area contributed by atoms with E-state index in [1.807, 2.05) is 29.2 Å². The molecule has 1 aromatic carbocycles. The van der Waals surface area contributed by atoms with Crippen LogP contribution in [0.25, 0.3) is 0 Å². The standard InChI is InChI=1S/C22H22N4O4S/c1-30-17-5-2-4-15(12-17)18-6-3-10-26(18)21(29)16-7-8-20(28)25(13-16)14-19(27)24-22-23-9-11-31-22/h2,4-5,7-9,11-13,18H,3,6,10,14H2,1H3,(H,23,24,27)/t18-/m0/s1. The first-order valence-corrected chi connectivity index (χ1v) is 10.8. The van der Waals surface area contributed by atoms with Crippen molar-refractivity contribution in [2.75, 3.05) is 19.0 Å². The zero-order chi connectivity index (χ0) is 21.8. The molecule has 2 aromatic heterocycles. The van der Waals surface area contributed by atoms with Crippen LogP contribution in [-0.4, -0.2) is 39.9 Å². The van der Waals surface area contributed by atoms with Gasteiger partial charge in [-0.1, -0.05) is 12.1 Å². The van der Waals surface area contributed by atoms with Gasteiger partial charge < -0.3 is 19.5 Å². The third kappa shape index (κ3) is 4.66. The van der Waals surface area contributed by atoms with Gasteiger partial charge in [-0.3, -0.25) is 14.4 Å². The van der Waals surface area contributed by atoms with Crippen molar-refractivity contribution < 1.29 is 14.3 Å². The lowest BCUT2D eigenvalue weighted by Gasteiger charge is -2.25. The summed E-state index contributed by atoms with van der Waals surface area (Å²) in [6.45, 7) is 0.434. The van der Waals surface area contributed by atoms with Crippen LogP contribution >= 0.6 is 11.3 Å². The number of nitrogens with zero attached hydrogens (tertiary/aromatic N) is 3. The Kier molecular flexibility index (Phi) is 6.13. The van der Waals surface area contributed by atoms with Crippen LogP contribution in [0.15, 0.2) is 59.0 Å². The van der Waals surface area contributed by atoms with E-state index in [1.54, 1.807) is 18.7 Å². The van der Waals surface area contributed by atoms with Gasteiger partial charge in [0.2, 0.25) is 5.91 Å². The number of anilines is 1. The van der Waals surface area contributed by atoms with Gasteiger partial charge in [0.1, 0.15) is 12.3 Å². The van der Waals surface area contributed by atoms with Gasteiger partial charge in [-0.2, -0.15) is 0 Å². The van der Waals surface area contributed by atoms with Gasteiger partial charge in [-0.05, 0) is 36.6 Å². The fraction of sp³-hybridized carbons (Fsp3) is 0.273. The fourth-order valence-corrected chi connectivity index (χ4v) is 4.30. The van der Waals surface area contributed by atoms with E-state index < -0.39 is 0 Å². The number of likely N-dealkylation sites (tertiary alicyclic amines) is 1. The number of rotatable bonds is 6. The minimum absolute atomic E-state index is 0.0591. The molecule has 0 radical (unpaired) electrons. The predicted octanol–water partition coefficient (Wildman–Crippen LogP) is 2.93. The second-order valence-corrected chi connectivity index (χ2v) is 8.10. The molecule has 160 valence electrons. The zero-order valence-corrected chi connectivity index (χ0v) is 17.8. The van der Waals surface area contributed by atoms with Gasteiger partial charge >= 0.3 is 0 Å². The van der Waals surface area contributed by atoms with Gasteiger partial charge in [0, 0.05) is 30.4 Å². The number of amides is 2. The van der Waals surface area contributed by atoms with Crippen LogP contribution in [0.4, 0.5) is 5.13 Å². The topological polar surface area (TPSA) is 93.5 Å². The maximum atomic E-state index is 13.3. The smallest absolute Gasteiger partial charge is 0.255 e. The minimum Gasteiger partial charge on any atom is -0.497 e. The summed E-state index contributed by atoms with van der Waals surface area (Å²) >= 11 is 1.29. The molecule has 1 aliphatic heterocycles. The molecular weight excluding hydrogens is 416 g/mol. The summed E-state index contributed by atoms with van der Waals surface area (Å²) in [5.74, 6) is 0.202. The molecule has 9 heteroatoms. The van der Waals surface area contributed by atoms with E-state index in [9.17, 15) is 14.4 Å². The number of pyridine rings is 1. The second-order valence-electron chi connectivity index (χ2n) is 7.20. The molecule has 8 nitrogen and oxygen atoms in total. The Bertz CT molecular complexity index is 1140. The third-order valence-electron chi connectivity index (χ3n) is 5.22. The van der Waals surface area contributed by atoms with Crippen molar-refractivity contribution in [1.82, 2.24) is 14.5 Å². The molecule has 0 unspecified atom stereocenters. The highest BCUT2D eigenvalue weighted by atomic mass is 32.1.